The first kappa shape index (κ1) is 36.5. The molecule has 9 rings (SSSR count). The molecule has 0 aliphatic carbocycles. The van der Waals surface area contributed by atoms with Crippen molar-refractivity contribution >= 4 is 125 Å². The number of allylic oxidation sites excluding steroid dienone is 2. The fourth-order valence-corrected chi connectivity index (χ4v) is 8.15. The summed E-state index contributed by atoms with van der Waals surface area (Å²) in [6, 6.07) is 44.2. The van der Waals surface area contributed by atoms with Gasteiger partial charge in [0.25, 0.3) is 0 Å². The number of hydrogen-bond donors (Lipinski definition) is 1. The van der Waals surface area contributed by atoms with Crippen molar-refractivity contribution in [3.8, 4) is 39.3 Å². The summed E-state index contributed by atoms with van der Waals surface area (Å²) < 4.78 is 2.12. The normalized spacial score (nSPS) is 12.7. The molecule has 251 valence electrons. The molecule has 0 saturated heterocycles. The van der Waals surface area contributed by atoms with Gasteiger partial charge in [-0.05, 0) is 0 Å². The number of rotatable bonds is 5. The summed E-state index contributed by atoms with van der Waals surface area (Å²) in [5, 5.41) is 17.0. The van der Waals surface area contributed by atoms with E-state index in [1.807, 2.05) is 115 Å². The molecule has 10 heteroatoms. The van der Waals surface area contributed by atoms with Crippen molar-refractivity contribution in [2.75, 3.05) is 0 Å². The Balaban J connectivity index is 1.43. The zero-order chi connectivity index (χ0) is 39.7. The molecule has 1 heterocycles. The zero-order valence-electron chi connectivity index (χ0n) is 31.1. The van der Waals surface area contributed by atoms with Gasteiger partial charge in [0.2, 0.25) is 0 Å². The van der Waals surface area contributed by atoms with Gasteiger partial charge in [-0.15, -0.1) is 0 Å². The Morgan fingerprint density at radius 3 is 1.86 bits per heavy atom. The first-order chi connectivity index (χ1) is 27.6. The Kier molecular flexibility index (Phi) is 9.04. The number of imidazole rings is 1. The van der Waals surface area contributed by atoms with Crippen LogP contribution in [0.3, 0.4) is 0 Å². The minimum absolute atomic E-state index is 0.0415. The third-order valence-corrected chi connectivity index (χ3v) is 10.9. The van der Waals surface area contributed by atoms with Crippen LogP contribution in [0.25, 0.3) is 88.2 Å². The van der Waals surface area contributed by atoms with Crippen LogP contribution in [0.2, 0.25) is 0 Å². The van der Waals surface area contributed by atoms with Crippen LogP contribution >= 0.6 is 0 Å². The van der Waals surface area contributed by atoms with Gasteiger partial charge in [-0.2, -0.15) is 0 Å². The molecule has 9 aromatic rings. The summed E-state index contributed by atoms with van der Waals surface area (Å²) >= 11 is 0. The van der Waals surface area contributed by atoms with E-state index in [4.69, 9.17) is 59.5 Å². The Bertz CT molecular complexity index is 3280. The molecule has 0 amide bonds. The number of fused-ring (bicyclic) bond motifs is 5. The predicted molar refractivity (Wildman–Crippen MR) is 246 cm³/mol. The van der Waals surface area contributed by atoms with Gasteiger partial charge in [0.1, 0.15) is 0 Å². The van der Waals surface area contributed by atoms with Crippen molar-refractivity contribution in [2.24, 2.45) is 0 Å². The molecule has 0 fully saturated rings. The van der Waals surface area contributed by atoms with Gasteiger partial charge in [-0.25, -0.2) is 0 Å². The first-order valence-corrected chi connectivity index (χ1v) is 18.4. The molecule has 1 N–H and O–H groups in total. The topological polar surface area (TPSA) is 38.0 Å². The van der Waals surface area contributed by atoms with Crippen molar-refractivity contribution in [1.29, 1.82) is 0 Å². The molecule has 57 heavy (non-hydrogen) atoms. The number of nitrogens with zero attached hydrogens (tertiary/aromatic N) is 2. The molecule has 3 nitrogen and oxygen atoms in total. The van der Waals surface area contributed by atoms with E-state index in [1.165, 1.54) is 0 Å². The molecular weight excluding hydrogens is 684 g/mol. The summed E-state index contributed by atoms with van der Waals surface area (Å²) in [4.78, 5) is 5.01. The summed E-state index contributed by atoms with van der Waals surface area (Å²) in [7, 11) is 47.8. The fraction of sp³-hybridized carbons (Fsp3) is 0.0213. The molecule has 8 aromatic carbocycles. The van der Waals surface area contributed by atoms with E-state index in [-0.39, 0.29) is 43.7 Å². The third kappa shape index (κ3) is 5.76. The van der Waals surface area contributed by atoms with E-state index < -0.39 is 0 Å². The number of aliphatic hydroxyl groups excluding tert-OH is 1. The monoisotopic (exact) mass is 711 g/mol. The molecule has 0 bridgehead atoms. The van der Waals surface area contributed by atoms with Crippen LogP contribution in [0.15, 0.2) is 145 Å². The van der Waals surface area contributed by atoms with E-state index >= 15 is 0 Å². The second kappa shape index (κ2) is 14.1. The molecular formula is C47H26B7N2O. The van der Waals surface area contributed by atoms with Gasteiger partial charge in [0.15, 0.2) is 0 Å². The average Bonchev–Trinajstić information content (AvgIpc) is 3.64. The summed E-state index contributed by atoms with van der Waals surface area (Å²) in [5.41, 5.74) is 6.84. The van der Waals surface area contributed by atoms with Crippen LogP contribution in [0.1, 0.15) is 6.92 Å². The maximum atomic E-state index is 11.4. The summed E-state index contributed by atoms with van der Waals surface area (Å²) in [6.07, 6.45) is 0. The number of aromatic nitrogens is 2. The quantitative estimate of drug-likeness (QED) is 0.150. The van der Waals surface area contributed by atoms with Crippen molar-refractivity contribution in [1.82, 2.24) is 9.55 Å². The number of aliphatic hydroxyl groups is 1. The van der Waals surface area contributed by atoms with Crippen molar-refractivity contribution < 1.29 is 5.11 Å². The summed E-state index contributed by atoms with van der Waals surface area (Å²) in [5.74, 6) is 0.471. The summed E-state index contributed by atoms with van der Waals surface area (Å²) in [6.45, 7) is 1.57. The molecule has 13 radical (unpaired) electrons. The van der Waals surface area contributed by atoms with Crippen molar-refractivity contribution in [2.45, 2.75) is 6.92 Å². The number of para-hydroxylation sites is 2. The van der Waals surface area contributed by atoms with Crippen LogP contribution in [-0.2, 0) is 0 Å². The van der Waals surface area contributed by atoms with E-state index in [9.17, 15) is 5.11 Å². The Hall–Kier alpha value is -6.13. The molecule has 0 unspecified atom stereocenters. The molecule has 0 spiro atoms. The molecule has 0 saturated carbocycles. The Morgan fingerprint density at radius 2 is 1.18 bits per heavy atom. The molecule has 0 aliphatic heterocycles. The SMILES string of the molecule is [B]/C(C)=C(O)/C([B])=c1/c(-c2ccc(-n3c(-c4ccccc4)nc4ccccc43)cc2)c2c([B])c([B])c([B])c([B])c2c(-c2cc3ccccc3c3ccccc23)c1=[B]. The first-order valence-electron chi connectivity index (χ1n) is 18.4. The molecule has 0 atom stereocenters. The van der Waals surface area contributed by atoms with Gasteiger partial charge in [0, 0.05) is 0 Å². The van der Waals surface area contributed by atoms with E-state index in [0.717, 1.165) is 55.2 Å². The standard InChI is InChI=1S/C47H26B7N2O/c1-24(48)46(57)43(52)39-35(25-19-21-28(22-20-25)56-34-18-10-9-17-33(34)55-47(56)26-11-3-2-4-12-26)37-38(42(51)45(54)44(53)41(37)50)36(40(39)49)32-23-27-13-5-6-14-29(27)30-15-7-8-16-31(30)32/h2-23,57H,1H3/b43-39+,46-24-. The fourth-order valence-electron chi connectivity index (χ4n) is 8.15. The van der Waals surface area contributed by atoms with E-state index in [2.05, 4.69) is 22.8 Å². The van der Waals surface area contributed by atoms with Gasteiger partial charge in [0.05, 0.1) is 0 Å². The van der Waals surface area contributed by atoms with Crippen LogP contribution in [0.5, 0.6) is 0 Å². The Labute approximate surface area is 339 Å². The van der Waals surface area contributed by atoms with Gasteiger partial charge >= 0.3 is 335 Å². The van der Waals surface area contributed by atoms with Crippen LogP contribution in [0.4, 0.5) is 0 Å². The second-order valence-corrected chi connectivity index (χ2v) is 14.3. The van der Waals surface area contributed by atoms with Crippen molar-refractivity contribution in [3.63, 3.8) is 0 Å². The average molecular weight is 710 g/mol. The minimum atomic E-state index is -0.319. The van der Waals surface area contributed by atoms with E-state index in [1.54, 1.807) is 6.92 Å². The van der Waals surface area contributed by atoms with Gasteiger partial charge in [-0.3, -0.25) is 0 Å². The number of benzene rings is 8. The van der Waals surface area contributed by atoms with E-state index in [0.29, 0.717) is 32.7 Å². The third-order valence-electron chi connectivity index (χ3n) is 10.9. The van der Waals surface area contributed by atoms with Gasteiger partial charge in [-0.1, -0.05) is 6.07 Å². The van der Waals surface area contributed by atoms with Crippen LogP contribution in [-0.4, -0.2) is 69.2 Å². The number of hydrogen-bond acceptors (Lipinski definition) is 2. The van der Waals surface area contributed by atoms with Crippen LogP contribution < -0.4 is 27.1 Å². The second-order valence-electron chi connectivity index (χ2n) is 14.3. The Morgan fingerprint density at radius 1 is 0.596 bits per heavy atom. The molecule has 1 aromatic heterocycles. The van der Waals surface area contributed by atoms with Crippen molar-refractivity contribution in [3.05, 3.63) is 155 Å². The van der Waals surface area contributed by atoms with Crippen LogP contribution in [0, 0.1) is 5.11 Å². The van der Waals surface area contributed by atoms with Gasteiger partial charge < -0.3 is 0 Å². The predicted octanol–water partition coefficient (Wildman–Crippen LogP) is 5.32. The maximum absolute atomic E-state index is 11.4. The molecule has 0 aliphatic rings. The zero-order valence-corrected chi connectivity index (χ0v) is 31.1.